The van der Waals surface area contributed by atoms with Gasteiger partial charge in [-0.1, -0.05) is 30.7 Å². The van der Waals surface area contributed by atoms with Crippen LogP contribution in [0.2, 0.25) is 0 Å². The van der Waals surface area contributed by atoms with Crippen LogP contribution in [0.15, 0.2) is 42.7 Å². The molecule has 0 bridgehead atoms. The van der Waals surface area contributed by atoms with Crippen LogP contribution in [0.5, 0.6) is 0 Å². The minimum atomic E-state index is 0.0145. The van der Waals surface area contributed by atoms with Gasteiger partial charge in [-0.25, -0.2) is 9.97 Å². The third kappa shape index (κ3) is 4.23. The van der Waals surface area contributed by atoms with Crippen molar-refractivity contribution in [2.24, 2.45) is 0 Å². The molecule has 0 radical (unpaired) electrons. The number of likely N-dealkylation sites (tertiary alicyclic amines) is 1. The second kappa shape index (κ2) is 9.30. The first kappa shape index (κ1) is 21.0. The SMILES string of the molecule is Cc1ncc(C(=O)N2CCOCC2)c([C@H]2CCCCN2Cc2cccc3cccnc23)n1. The second-order valence-electron chi connectivity index (χ2n) is 8.60. The summed E-state index contributed by atoms with van der Waals surface area (Å²) in [4.78, 5) is 31.5. The largest absolute Gasteiger partial charge is 0.378 e. The first-order chi connectivity index (χ1) is 15.7. The molecule has 2 aliphatic rings. The minimum absolute atomic E-state index is 0.0145. The zero-order valence-corrected chi connectivity index (χ0v) is 18.5. The van der Waals surface area contributed by atoms with Crippen molar-refractivity contribution in [3.8, 4) is 0 Å². The van der Waals surface area contributed by atoms with E-state index in [0.29, 0.717) is 37.7 Å². The molecule has 5 rings (SSSR count). The van der Waals surface area contributed by atoms with Gasteiger partial charge in [0.2, 0.25) is 0 Å². The molecule has 1 amide bonds. The van der Waals surface area contributed by atoms with Gasteiger partial charge in [-0.2, -0.15) is 0 Å². The number of pyridine rings is 1. The van der Waals surface area contributed by atoms with Crippen LogP contribution in [0.25, 0.3) is 10.9 Å². The van der Waals surface area contributed by atoms with Gasteiger partial charge in [-0.05, 0) is 37.9 Å². The molecule has 7 nitrogen and oxygen atoms in total. The number of fused-ring (bicyclic) bond motifs is 1. The highest BCUT2D eigenvalue weighted by Crippen LogP contribution is 2.34. The number of nitrogens with zero attached hydrogens (tertiary/aromatic N) is 5. The van der Waals surface area contributed by atoms with Crippen LogP contribution in [0.3, 0.4) is 0 Å². The molecule has 2 aromatic heterocycles. The van der Waals surface area contributed by atoms with Crippen molar-refractivity contribution in [3.63, 3.8) is 0 Å². The van der Waals surface area contributed by atoms with E-state index in [0.717, 1.165) is 48.9 Å². The monoisotopic (exact) mass is 431 g/mol. The summed E-state index contributed by atoms with van der Waals surface area (Å²) in [5, 5.41) is 1.15. The molecular formula is C25H29N5O2. The number of hydrogen-bond donors (Lipinski definition) is 0. The Morgan fingerprint density at radius 1 is 1.09 bits per heavy atom. The Balaban J connectivity index is 1.48. The summed E-state index contributed by atoms with van der Waals surface area (Å²) in [5.74, 6) is 0.719. The number of rotatable bonds is 4. The lowest BCUT2D eigenvalue weighted by Gasteiger charge is -2.37. The van der Waals surface area contributed by atoms with E-state index in [-0.39, 0.29) is 11.9 Å². The van der Waals surface area contributed by atoms with Crippen molar-refractivity contribution in [1.82, 2.24) is 24.8 Å². The van der Waals surface area contributed by atoms with Crippen LogP contribution in [-0.4, -0.2) is 63.5 Å². The molecule has 0 spiro atoms. The van der Waals surface area contributed by atoms with Crippen LogP contribution in [-0.2, 0) is 11.3 Å². The number of carbonyl (C=O) groups is 1. The number of aryl methyl sites for hydroxylation is 1. The smallest absolute Gasteiger partial charge is 0.257 e. The second-order valence-corrected chi connectivity index (χ2v) is 8.60. The molecule has 0 aliphatic carbocycles. The molecule has 4 heterocycles. The third-order valence-electron chi connectivity index (χ3n) is 6.49. The molecule has 1 atom stereocenters. The molecule has 3 aromatic rings. The van der Waals surface area contributed by atoms with Crippen LogP contribution in [0, 0.1) is 6.92 Å². The van der Waals surface area contributed by atoms with E-state index in [1.165, 1.54) is 5.56 Å². The first-order valence-electron chi connectivity index (χ1n) is 11.5. The maximum Gasteiger partial charge on any atom is 0.257 e. The molecule has 2 aliphatic heterocycles. The van der Waals surface area contributed by atoms with Crippen LogP contribution in [0.4, 0.5) is 0 Å². The quantitative estimate of drug-likeness (QED) is 0.629. The van der Waals surface area contributed by atoms with E-state index >= 15 is 0 Å². The van der Waals surface area contributed by atoms with Gasteiger partial charge < -0.3 is 9.64 Å². The fourth-order valence-electron chi connectivity index (χ4n) is 4.85. The Kier molecular flexibility index (Phi) is 6.10. The van der Waals surface area contributed by atoms with Gasteiger partial charge in [0, 0.05) is 37.4 Å². The summed E-state index contributed by atoms with van der Waals surface area (Å²) in [5.41, 5.74) is 3.75. The lowest BCUT2D eigenvalue weighted by molar-refractivity contribution is 0.0298. The van der Waals surface area contributed by atoms with Gasteiger partial charge in [0.05, 0.1) is 36.0 Å². The first-order valence-corrected chi connectivity index (χ1v) is 11.5. The average Bonchev–Trinajstić information content (AvgIpc) is 2.85. The summed E-state index contributed by atoms with van der Waals surface area (Å²) in [7, 11) is 0. The lowest BCUT2D eigenvalue weighted by Crippen LogP contribution is -2.42. The van der Waals surface area contributed by atoms with Crippen molar-refractivity contribution in [2.45, 2.75) is 38.8 Å². The van der Waals surface area contributed by atoms with Gasteiger partial charge in [-0.15, -0.1) is 0 Å². The van der Waals surface area contributed by atoms with Crippen LogP contribution < -0.4 is 0 Å². The van der Waals surface area contributed by atoms with E-state index in [1.807, 2.05) is 24.1 Å². The Hall–Kier alpha value is -2.90. The van der Waals surface area contributed by atoms with Gasteiger partial charge >= 0.3 is 0 Å². The molecular weight excluding hydrogens is 402 g/mol. The highest BCUT2D eigenvalue weighted by atomic mass is 16.5. The Bertz CT molecular complexity index is 1110. The molecule has 1 aromatic carbocycles. The van der Waals surface area contributed by atoms with E-state index in [4.69, 9.17) is 9.72 Å². The number of hydrogen-bond acceptors (Lipinski definition) is 6. The zero-order chi connectivity index (χ0) is 21.9. The summed E-state index contributed by atoms with van der Waals surface area (Å²) in [6.07, 6.45) is 6.83. The number of aromatic nitrogens is 3. The highest BCUT2D eigenvalue weighted by Gasteiger charge is 2.31. The molecule has 166 valence electrons. The van der Waals surface area contributed by atoms with Gasteiger partial charge in [-0.3, -0.25) is 14.7 Å². The summed E-state index contributed by atoms with van der Waals surface area (Å²) in [6.45, 7) is 6.04. The number of amides is 1. The van der Waals surface area contributed by atoms with E-state index < -0.39 is 0 Å². The maximum atomic E-state index is 13.4. The molecule has 2 saturated heterocycles. The standard InChI is InChI=1S/C25H29N5O2/c1-18-27-16-21(25(31)29-12-14-32-15-13-29)24(28-18)22-9-2-3-11-30(22)17-20-7-4-6-19-8-5-10-26-23(19)20/h4-8,10,16,22H,2-3,9,11-15,17H2,1H3/t22-/m1/s1. The van der Waals surface area contributed by atoms with E-state index in [1.54, 1.807) is 6.20 Å². The topological polar surface area (TPSA) is 71.5 Å². The number of para-hydroxylation sites is 1. The van der Waals surface area contributed by atoms with Crippen molar-refractivity contribution < 1.29 is 9.53 Å². The van der Waals surface area contributed by atoms with E-state index in [2.05, 4.69) is 39.1 Å². The number of carbonyl (C=O) groups excluding carboxylic acids is 1. The van der Waals surface area contributed by atoms with Gasteiger partial charge in [0.15, 0.2) is 0 Å². The predicted octanol–water partition coefficient (Wildman–Crippen LogP) is 3.53. The molecule has 0 unspecified atom stereocenters. The van der Waals surface area contributed by atoms with Gasteiger partial charge in [0.25, 0.3) is 5.91 Å². The summed E-state index contributed by atoms with van der Waals surface area (Å²) < 4.78 is 5.43. The molecule has 32 heavy (non-hydrogen) atoms. The highest BCUT2D eigenvalue weighted by molar-refractivity contribution is 5.95. The maximum absolute atomic E-state index is 13.4. The number of piperidine rings is 1. The molecule has 7 heteroatoms. The number of morpholine rings is 1. The van der Waals surface area contributed by atoms with Crippen LogP contribution >= 0.6 is 0 Å². The molecule has 0 saturated carbocycles. The normalized spacial score (nSPS) is 19.9. The van der Waals surface area contributed by atoms with Crippen molar-refractivity contribution in [1.29, 1.82) is 0 Å². The summed E-state index contributed by atoms with van der Waals surface area (Å²) >= 11 is 0. The van der Waals surface area contributed by atoms with Crippen molar-refractivity contribution in [3.05, 3.63) is 65.4 Å². The average molecular weight is 432 g/mol. The molecule has 2 fully saturated rings. The lowest BCUT2D eigenvalue weighted by atomic mass is 9.95. The Morgan fingerprint density at radius 2 is 1.94 bits per heavy atom. The zero-order valence-electron chi connectivity index (χ0n) is 18.5. The number of ether oxygens (including phenoxy) is 1. The summed E-state index contributed by atoms with van der Waals surface area (Å²) in [6, 6.07) is 10.5. The third-order valence-corrected chi connectivity index (χ3v) is 6.49. The molecule has 0 N–H and O–H groups in total. The van der Waals surface area contributed by atoms with Crippen LogP contribution in [0.1, 0.15) is 52.7 Å². The fraction of sp³-hybridized carbons (Fsp3) is 0.440. The fourth-order valence-corrected chi connectivity index (χ4v) is 4.85. The van der Waals surface area contributed by atoms with Crippen molar-refractivity contribution in [2.75, 3.05) is 32.8 Å². The predicted molar refractivity (Wildman–Crippen MR) is 122 cm³/mol. The van der Waals surface area contributed by atoms with E-state index in [9.17, 15) is 4.79 Å². The Morgan fingerprint density at radius 3 is 2.81 bits per heavy atom. The number of benzene rings is 1. The van der Waals surface area contributed by atoms with Gasteiger partial charge in [0.1, 0.15) is 5.82 Å². The minimum Gasteiger partial charge on any atom is -0.378 e. The van der Waals surface area contributed by atoms with Crippen molar-refractivity contribution >= 4 is 16.8 Å². The Labute approximate surface area is 188 Å².